The van der Waals surface area contributed by atoms with Crippen molar-refractivity contribution in [1.82, 2.24) is 19.9 Å². The van der Waals surface area contributed by atoms with Gasteiger partial charge in [0.1, 0.15) is 10.8 Å². The number of likely N-dealkylation sites (N-methyl/N-ethyl adjacent to an activating group) is 1. The van der Waals surface area contributed by atoms with E-state index in [2.05, 4.69) is 38.2 Å². The van der Waals surface area contributed by atoms with Crippen molar-refractivity contribution in [3.05, 3.63) is 60.3 Å². The number of anilines is 3. The van der Waals surface area contributed by atoms with Crippen molar-refractivity contribution in [2.45, 2.75) is 9.92 Å². The predicted molar refractivity (Wildman–Crippen MR) is 142 cm³/mol. The van der Waals surface area contributed by atoms with Gasteiger partial charge in [-0.25, -0.2) is 14.8 Å². The van der Waals surface area contributed by atoms with Gasteiger partial charge in [-0.2, -0.15) is 0 Å². The number of nitrogens with zero attached hydrogens (tertiary/aromatic N) is 4. The van der Waals surface area contributed by atoms with E-state index in [0.717, 1.165) is 59.2 Å². The molecule has 0 spiro atoms. The Hall–Kier alpha value is -3.76. The first-order valence-electron chi connectivity index (χ1n) is 11.6. The normalized spacial score (nSPS) is 14.1. The Balaban J connectivity index is 1.44. The summed E-state index contributed by atoms with van der Waals surface area (Å²) in [6, 6.07) is 15.3. The van der Waals surface area contributed by atoms with Crippen molar-refractivity contribution in [3.63, 3.8) is 0 Å². The van der Waals surface area contributed by atoms with E-state index in [1.54, 1.807) is 13.2 Å². The van der Waals surface area contributed by atoms with Crippen LogP contribution in [0.25, 0.3) is 11.0 Å². The third-order valence-corrected chi connectivity index (χ3v) is 7.24. The summed E-state index contributed by atoms with van der Waals surface area (Å²) in [4.78, 5) is 30.4. The Morgan fingerprint density at radius 1 is 1.06 bits per heavy atom. The van der Waals surface area contributed by atoms with Gasteiger partial charge in [-0.1, -0.05) is 23.9 Å². The van der Waals surface area contributed by atoms with E-state index in [-0.39, 0.29) is 0 Å². The van der Waals surface area contributed by atoms with Gasteiger partial charge in [-0.3, -0.25) is 0 Å². The lowest BCUT2D eigenvalue weighted by molar-refractivity contribution is 0.0597. The highest BCUT2D eigenvalue weighted by atomic mass is 32.2. The first-order chi connectivity index (χ1) is 17.6. The van der Waals surface area contributed by atoms with Crippen molar-refractivity contribution in [2.75, 3.05) is 57.7 Å². The van der Waals surface area contributed by atoms with Gasteiger partial charge >= 0.3 is 5.97 Å². The molecule has 2 N–H and O–H groups in total. The van der Waals surface area contributed by atoms with Crippen molar-refractivity contribution in [2.24, 2.45) is 0 Å². The number of carbonyl (C=O) groups excluding carboxylic acids is 1. The lowest BCUT2D eigenvalue weighted by atomic mass is 10.2. The highest BCUT2D eigenvalue weighted by Gasteiger charge is 2.18. The van der Waals surface area contributed by atoms with Gasteiger partial charge in [0.05, 0.1) is 36.5 Å². The maximum atomic E-state index is 12.3. The summed E-state index contributed by atoms with van der Waals surface area (Å²) in [5, 5.41) is 4.02. The van der Waals surface area contributed by atoms with Crippen molar-refractivity contribution < 1.29 is 14.3 Å². The fraction of sp³-hybridized carbons (Fsp3) is 0.269. The molecule has 5 rings (SSSR count). The number of aromatic nitrogens is 3. The summed E-state index contributed by atoms with van der Waals surface area (Å²) in [6.07, 6.45) is 1.82. The monoisotopic (exact) mass is 504 g/mol. The van der Waals surface area contributed by atoms with Gasteiger partial charge < -0.3 is 29.6 Å². The number of piperazine rings is 1. The van der Waals surface area contributed by atoms with E-state index in [1.807, 2.05) is 42.6 Å². The van der Waals surface area contributed by atoms with Crippen molar-refractivity contribution in [1.29, 1.82) is 0 Å². The zero-order chi connectivity index (χ0) is 25.1. The van der Waals surface area contributed by atoms with Crippen LogP contribution in [0.5, 0.6) is 5.75 Å². The number of hydrogen-bond acceptors (Lipinski definition) is 9. The Morgan fingerprint density at radius 2 is 1.86 bits per heavy atom. The third-order valence-electron chi connectivity index (χ3n) is 6.17. The minimum Gasteiger partial charge on any atom is -0.494 e. The largest absolute Gasteiger partial charge is 0.494 e. The first kappa shape index (κ1) is 24.0. The van der Waals surface area contributed by atoms with Gasteiger partial charge in [-0.05, 0) is 37.4 Å². The smallest absolute Gasteiger partial charge is 0.339 e. The molecule has 3 heterocycles. The number of carbonyl (C=O) groups is 1. The van der Waals surface area contributed by atoms with E-state index in [9.17, 15) is 4.79 Å². The Morgan fingerprint density at radius 3 is 2.64 bits per heavy atom. The van der Waals surface area contributed by atoms with Gasteiger partial charge in [0, 0.05) is 49.0 Å². The number of benzene rings is 2. The van der Waals surface area contributed by atoms with Crippen LogP contribution >= 0.6 is 11.8 Å². The zero-order valence-corrected chi connectivity index (χ0v) is 21.3. The Bertz CT molecular complexity index is 1380. The highest BCUT2D eigenvalue weighted by molar-refractivity contribution is 7.99. The van der Waals surface area contributed by atoms with Crippen LogP contribution in [0.3, 0.4) is 0 Å². The van der Waals surface area contributed by atoms with Gasteiger partial charge in [-0.15, -0.1) is 0 Å². The molecule has 2 aromatic carbocycles. The molecule has 1 aliphatic heterocycles. The molecule has 9 nitrogen and oxygen atoms in total. The summed E-state index contributed by atoms with van der Waals surface area (Å²) >= 11 is 1.38. The third kappa shape index (κ3) is 4.95. The molecular weight excluding hydrogens is 476 g/mol. The number of ether oxygens (including phenoxy) is 2. The molecule has 36 heavy (non-hydrogen) atoms. The molecule has 1 aliphatic rings. The second-order valence-corrected chi connectivity index (χ2v) is 9.51. The maximum absolute atomic E-state index is 12.3. The SMILES string of the molecule is COC(=O)c1ccccc1Sc1nc(Nc2ccc(N3CCN(C)CC3)cc2OC)nc2cc[nH]c12. The second-order valence-electron chi connectivity index (χ2n) is 8.48. The zero-order valence-electron chi connectivity index (χ0n) is 20.4. The molecule has 10 heteroatoms. The molecule has 1 fully saturated rings. The van der Waals surface area contributed by atoms with E-state index >= 15 is 0 Å². The van der Waals surface area contributed by atoms with Crippen LogP contribution in [-0.4, -0.2) is 73.3 Å². The van der Waals surface area contributed by atoms with Crippen LogP contribution in [-0.2, 0) is 4.74 Å². The van der Waals surface area contributed by atoms with Gasteiger partial charge in [0.25, 0.3) is 0 Å². The van der Waals surface area contributed by atoms with Crippen LogP contribution in [0.2, 0.25) is 0 Å². The number of esters is 1. The molecule has 0 bridgehead atoms. The molecule has 0 aliphatic carbocycles. The summed E-state index contributed by atoms with van der Waals surface area (Å²) in [5.74, 6) is 0.763. The Kier molecular flexibility index (Phi) is 6.97. The predicted octanol–water partition coefficient (Wildman–Crippen LogP) is 4.40. The summed E-state index contributed by atoms with van der Waals surface area (Å²) in [6.45, 7) is 4.03. The summed E-state index contributed by atoms with van der Waals surface area (Å²) in [5.41, 5.74) is 3.94. The number of hydrogen-bond donors (Lipinski definition) is 2. The summed E-state index contributed by atoms with van der Waals surface area (Å²) < 4.78 is 10.7. The maximum Gasteiger partial charge on any atom is 0.339 e. The molecule has 0 radical (unpaired) electrons. The molecule has 0 saturated carbocycles. The summed E-state index contributed by atoms with van der Waals surface area (Å²) in [7, 11) is 5.18. The number of aromatic amines is 1. The van der Waals surface area contributed by atoms with Crippen LogP contribution in [0.15, 0.2) is 64.6 Å². The number of nitrogens with one attached hydrogen (secondary N) is 2. The molecule has 0 atom stereocenters. The molecule has 1 saturated heterocycles. The van der Waals surface area contributed by atoms with Crippen LogP contribution < -0.4 is 15.0 Å². The fourth-order valence-corrected chi connectivity index (χ4v) is 5.16. The number of rotatable bonds is 7. The molecule has 4 aromatic rings. The average molecular weight is 505 g/mol. The molecular formula is C26H28N6O3S. The number of methoxy groups -OCH3 is 2. The first-order valence-corrected chi connectivity index (χ1v) is 12.5. The van der Waals surface area contributed by atoms with Crippen molar-refractivity contribution in [3.8, 4) is 5.75 Å². The molecule has 0 unspecified atom stereocenters. The second kappa shape index (κ2) is 10.5. The van der Waals surface area contributed by atoms with Crippen LogP contribution in [0.4, 0.5) is 17.3 Å². The van der Waals surface area contributed by atoms with Gasteiger partial charge in [0.15, 0.2) is 0 Å². The van der Waals surface area contributed by atoms with E-state index in [0.29, 0.717) is 16.5 Å². The lowest BCUT2D eigenvalue weighted by Gasteiger charge is -2.34. The fourth-order valence-electron chi connectivity index (χ4n) is 4.15. The topological polar surface area (TPSA) is 95.6 Å². The van der Waals surface area contributed by atoms with E-state index in [4.69, 9.17) is 14.5 Å². The van der Waals surface area contributed by atoms with Gasteiger partial charge in [0.2, 0.25) is 5.95 Å². The van der Waals surface area contributed by atoms with Crippen LogP contribution in [0, 0.1) is 0 Å². The van der Waals surface area contributed by atoms with Crippen LogP contribution in [0.1, 0.15) is 10.4 Å². The number of H-pyrrole nitrogens is 1. The molecule has 2 aromatic heterocycles. The minimum atomic E-state index is -0.390. The molecule has 0 amide bonds. The Labute approximate surface area is 213 Å². The molecule has 186 valence electrons. The minimum absolute atomic E-state index is 0.390. The average Bonchev–Trinajstić information content (AvgIpc) is 3.38. The standard InChI is InChI=1S/C26H28N6O3S/c1-31-12-14-32(15-13-31)17-8-9-19(21(16-17)34-2)28-26-29-20-10-11-27-23(20)24(30-26)36-22-7-5-4-6-18(22)25(33)35-3/h4-11,16,27H,12-15H2,1-3H3,(H,28,29,30). The lowest BCUT2D eigenvalue weighted by Crippen LogP contribution is -2.44. The van der Waals surface area contributed by atoms with E-state index < -0.39 is 5.97 Å². The quantitative estimate of drug-likeness (QED) is 0.280. The highest BCUT2D eigenvalue weighted by Crippen LogP contribution is 2.36. The number of fused-ring (bicyclic) bond motifs is 1. The van der Waals surface area contributed by atoms with Crippen molar-refractivity contribution >= 4 is 46.1 Å². The van der Waals surface area contributed by atoms with E-state index in [1.165, 1.54) is 18.9 Å².